The Bertz CT molecular complexity index is 864. The third-order valence-corrected chi connectivity index (χ3v) is 6.29. The molecule has 3 amide bonds. The molecule has 2 N–H and O–H groups in total. The second kappa shape index (κ2) is 13.2. The molecule has 0 fully saturated rings. The normalized spacial score (nSPS) is 13.7. The number of amides is 3. The highest BCUT2D eigenvalue weighted by Crippen LogP contribution is 2.33. The molecule has 1 aromatic carbocycles. The van der Waals surface area contributed by atoms with Gasteiger partial charge in [-0.25, -0.2) is 4.79 Å². The van der Waals surface area contributed by atoms with Crippen LogP contribution >= 0.6 is 11.8 Å². The maximum atomic E-state index is 14.2. The van der Waals surface area contributed by atoms with Crippen molar-refractivity contribution in [1.82, 2.24) is 15.5 Å². The predicted molar refractivity (Wildman–Crippen MR) is 145 cm³/mol. The summed E-state index contributed by atoms with van der Waals surface area (Å²) in [5, 5.41) is 5.78. The number of carbonyl (C=O) groups is 3. The van der Waals surface area contributed by atoms with Crippen molar-refractivity contribution < 1.29 is 19.1 Å². The minimum Gasteiger partial charge on any atom is -0.444 e. The van der Waals surface area contributed by atoms with Crippen LogP contribution in [0.4, 0.5) is 4.79 Å². The summed E-state index contributed by atoms with van der Waals surface area (Å²) in [7, 11) is 0. The summed E-state index contributed by atoms with van der Waals surface area (Å²) in [5.41, 5.74) is 0.379. The van der Waals surface area contributed by atoms with E-state index in [2.05, 4.69) is 10.6 Å². The fourth-order valence-corrected chi connectivity index (χ4v) is 4.15. The van der Waals surface area contributed by atoms with Crippen molar-refractivity contribution >= 4 is 29.7 Å². The molecule has 1 aromatic rings. The largest absolute Gasteiger partial charge is 0.444 e. The zero-order chi connectivity index (χ0) is 27.0. The molecule has 2 unspecified atom stereocenters. The van der Waals surface area contributed by atoms with Gasteiger partial charge in [0.1, 0.15) is 17.7 Å². The molecule has 0 radical (unpaired) electrons. The molecule has 0 aliphatic rings. The van der Waals surface area contributed by atoms with Gasteiger partial charge in [-0.3, -0.25) is 9.59 Å². The lowest BCUT2D eigenvalue weighted by atomic mass is 9.91. The van der Waals surface area contributed by atoms with Crippen LogP contribution in [-0.2, 0) is 14.3 Å². The monoisotopic (exact) mass is 507 g/mol. The van der Waals surface area contributed by atoms with E-state index in [0.717, 1.165) is 11.1 Å². The number of hydrogen-bond donors (Lipinski definition) is 2. The maximum Gasteiger partial charge on any atom is 0.408 e. The second-order valence-corrected chi connectivity index (χ2v) is 11.8. The van der Waals surface area contributed by atoms with Crippen LogP contribution in [0.15, 0.2) is 24.3 Å². The molecule has 2 atom stereocenters. The van der Waals surface area contributed by atoms with Crippen LogP contribution < -0.4 is 10.6 Å². The zero-order valence-electron chi connectivity index (χ0n) is 23.2. The second-order valence-electron chi connectivity index (χ2n) is 10.8. The SMILES string of the molecule is CCC(C)(C)N(C(=O)C(CCSC)NC(=O)OC(C)(C)C)C(C(=O)NC(C)C)c1cccc(C)c1. The van der Waals surface area contributed by atoms with Crippen molar-refractivity contribution in [3.05, 3.63) is 35.4 Å². The van der Waals surface area contributed by atoms with E-state index in [0.29, 0.717) is 18.6 Å². The maximum absolute atomic E-state index is 14.2. The molecule has 0 aliphatic carbocycles. The third kappa shape index (κ3) is 9.74. The number of benzene rings is 1. The van der Waals surface area contributed by atoms with Crippen molar-refractivity contribution in [2.75, 3.05) is 12.0 Å². The summed E-state index contributed by atoms with van der Waals surface area (Å²) in [6.45, 7) is 17.0. The van der Waals surface area contributed by atoms with Crippen LogP contribution in [0.3, 0.4) is 0 Å². The quantitative estimate of drug-likeness (QED) is 0.429. The number of carbonyl (C=O) groups excluding carboxylic acids is 3. The molecule has 7 nitrogen and oxygen atoms in total. The van der Waals surface area contributed by atoms with Gasteiger partial charge in [0.25, 0.3) is 0 Å². The number of rotatable bonds is 11. The topological polar surface area (TPSA) is 87.7 Å². The molecular formula is C27H45N3O4S. The molecule has 0 spiro atoms. The van der Waals surface area contributed by atoms with E-state index in [1.54, 1.807) is 37.4 Å². The number of alkyl carbamates (subject to hydrolysis) is 1. The summed E-state index contributed by atoms with van der Waals surface area (Å²) in [5.74, 6) is 0.114. The summed E-state index contributed by atoms with van der Waals surface area (Å²) in [6, 6.07) is 5.90. The molecule has 0 aromatic heterocycles. The van der Waals surface area contributed by atoms with Gasteiger partial charge in [0.15, 0.2) is 0 Å². The van der Waals surface area contributed by atoms with Crippen LogP contribution in [0, 0.1) is 6.92 Å². The Labute approximate surface area is 216 Å². The van der Waals surface area contributed by atoms with Crippen molar-refractivity contribution in [3.63, 3.8) is 0 Å². The molecule has 0 aliphatic heterocycles. The number of ether oxygens (including phenoxy) is 1. The van der Waals surface area contributed by atoms with Gasteiger partial charge in [0.05, 0.1) is 0 Å². The summed E-state index contributed by atoms with van der Waals surface area (Å²) in [4.78, 5) is 42.1. The number of hydrogen-bond acceptors (Lipinski definition) is 5. The van der Waals surface area contributed by atoms with E-state index >= 15 is 0 Å². The van der Waals surface area contributed by atoms with Crippen molar-refractivity contribution in [2.45, 2.75) is 104 Å². The van der Waals surface area contributed by atoms with Gasteiger partial charge in [0, 0.05) is 11.6 Å². The smallest absolute Gasteiger partial charge is 0.408 e. The molecule has 1 rings (SSSR count). The summed E-state index contributed by atoms with van der Waals surface area (Å²) < 4.78 is 5.44. The van der Waals surface area contributed by atoms with Gasteiger partial charge in [-0.1, -0.05) is 36.8 Å². The van der Waals surface area contributed by atoms with Gasteiger partial charge in [-0.05, 0) is 85.8 Å². The molecule has 35 heavy (non-hydrogen) atoms. The Hall–Kier alpha value is -2.22. The van der Waals surface area contributed by atoms with Gasteiger partial charge in [0.2, 0.25) is 11.8 Å². The standard InChI is InChI=1S/C27H45N3O4S/c1-11-27(8,9)30(22(23(31)28-18(2)3)20-14-12-13-19(4)17-20)24(32)21(15-16-35-10)29-25(33)34-26(5,6)7/h12-14,17-18,21-22H,11,15-16H2,1-10H3,(H,28,31)(H,29,33). The molecular weight excluding hydrogens is 462 g/mol. The molecule has 0 saturated carbocycles. The first-order chi connectivity index (χ1) is 16.1. The van der Waals surface area contributed by atoms with Crippen LogP contribution in [-0.4, -0.2) is 58.0 Å². The Morgan fingerprint density at radius 2 is 1.71 bits per heavy atom. The van der Waals surface area contributed by atoms with Gasteiger partial charge in [-0.15, -0.1) is 0 Å². The average Bonchev–Trinajstić information content (AvgIpc) is 2.72. The molecule has 0 heterocycles. The van der Waals surface area contributed by atoms with Crippen molar-refractivity contribution in [2.24, 2.45) is 0 Å². The predicted octanol–water partition coefficient (Wildman–Crippen LogP) is 5.22. The van der Waals surface area contributed by atoms with E-state index in [1.807, 2.05) is 72.1 Å². The van der Waals surface area contributed by atoms with Crippen LogP contribution in [0.25, 0.3) is 0 Å². The number of thioether (sulfide) groups is 1. The lowest BCUT2D eigenvalue weighted by Gasteiger charge is -2.45. The number of aryl methyl sites for hydroxylation is 1. The van der Waals surface area contributed by atoms with Crippen LogP contribution in [0.1, 0.15) is 85.4 Å². The lowest BCUT2D eigenvalue weighted by Crippen LogP contribution is -2.59. The Balaban J connectivity index is 3.59. The number of nitrogens with one attached hydrogen (secondary N) is 2. The zero-order valence-corrected chi connectivity index (χ0v) is 24.0. The van der Waals surface area contributed by atoms with Crippen molar-refractivity contribution in [3.8, 4) is 0 Å². The minimum atomic E-state index is -0.850. The van der Waals surface area contributed by atoms with Crippen LogP contribution in [0.2, 0.25) is 0 Å². The van der Waals surface area contributed by atoms with E-state index < -0.39 is 29.3 Å². The Morgan fingerprint density at radius 3 is 2.20 bits per heavy atom. The fourth-order valence-electron chi connectivity index (χ4n) is 3.68. The molecule has 0 saturated heterocycles. The van der Waals surface area contributed by atoms with E-state index in [-0.39, 0.29) is 17.9 Å². The van der Waals surface area contributed by atoms with Gasteiger partial charge < -0.3 is 20.3 Å². The highest BCUT2D eigenvalue weighted by atomic mass is 32.2. The third-order valence-electron chi connectivity index (χ3n) is 5.65. The number of nitrogens with zero attached hydrogens (tertiary/aromatic N) is 1. The highest BCUT2D eigenvalue weighted by Gasteiger charge is 2.43. The van der Waals surface area contributed by atoms with Gasteiger partial charge >= 0.3 is 6.09 Å². The Kier molecular flexibility index (Phi) is 11.6. The Morgan fingerprint density at radius 1 is 1.09 bits per heavy atom. The van der Waals surface area contributed by atoms with E-state index in [4.69, 9.17) is 4.74 Å². The molecule has 0 bridgehead atoms. The first-order valence-corrected chi connectivity index (χ1v) is 13.7. The highest BCUT2D eigenvalue weighted by molar-refractivity contribution is 7.98. The average molecular weight is 508 g/mol. The van der Waals surface area contributed by atoms with E-state index in [1.165, 1.54) is 0 Å². The first-order valence-electron chi connectivity index (χ1n) is 12.3. The fraction of sp³-hybridized carbons (Fsp3) is 0.667. The van der Waals surface area contributed by atoms with E-state index in [9.17, 15) is 14.4 Å². The lowest BCUT2D eigenvalue weighted by molar-refractivity contribution is -0.149. The first kappa shape index (κ1) is 30.8. The summed E-state index contributed by atoms with van der Waals surface area (Å²) >= 11 is 1.59. The minimum absolute atomic E-state index is 0.0938. The molecule has 8 heteroatoms. The summed E-state index contributed by atoms with van der Waals surface area (Å²) in [6.07, 6.45) is 2.35. The van der Waals surface area contributed by atoms with Gasteiger partial charge in [-0.2, -0.15) is 11.8 Å². The van der Waals surface area contributed by atoms with Crippen molar-refractivity contribution in [1.29, 1.82) is 0 Å². The molecule has 198 valence electrons. The van der Waals surface area contributed by atoms with Crippen LogP contribution in [0.5, 0.6) is 0 Å².